The smallest absolute Gasteiger partial charge is 0.258 e. The van der Waals surface area contributed by atoms with Crippen molar-refractivity contribution in [1.82, 2.24) is 0 Å². The Morgan fingerprint density at radius 1 is 0.750 bits per heavy atom. The molecule has 0 N–H and O–H groups in total. The number of nitro groups is 1. The van der Waals surface area contributed by atoms with Crippen molar-refractivity contribution in [3.63, 3.8) is 0 Å². The van der Waals surface area contributed by atoms with Crippen molar-refractivity contribution >= 4 is 38.8 Å². The van der Waals surface area contributed by atoms with Gasteiger partial charge in [-0.15, -0.1) is 0 Å². The Labute approximate surface area is 143 Å². The molecule has 3 nitrogen and oxygen atoms in total. The van der Waals surface area contributed by atoms with Gasteiger partial charge in [-0.1, -0.05) is 60.1 Å². The second-order valence-corrected chi connectivity index (χ2v) is 6.05. The summed E-state index contributed by atoms with van der Waals surface area (Å²) in [5, 5.41) is 16.2. The van der Waals surface area contributed by atoms with Crippen LogP contribution in [-0.2, 0) is 0 Å². The Kier molecular flexibility index (Phi) is 3.44. The summed E-state index contributed by atoms with van der Waals surface area (Å²) >= 11 is 6.12. The standard InChI is InChI=1S/C20H12ClNO2/c21-14-9-10-20(22(23)24)19(12-14)18-11-13-5-1-2-6-15(13)16-7-3-4-8-17(16)18/h1-12H. The molecule has 4 heteroatoms. The van der Waals surface area contributed by atoms with E-state index in [4.69, 9.17) is 11.6 Å². The van der Waals surface area contributed by atoms with E-state index < -0.39 is 0 Å². The molecule has 24 heavy (non-hydrogen) atoms. The highest BCUT2D eigenvalue weighted by Gasteiger charge is 2.18. The number of benzene rings is 4. The van der Waals surface area contributed by atoms with Crippen molar-refractivity contribution in [3.05, 3.63) is 87.9 Å². The highest BCUT2D eigenvalue weighted by Crippen LogP contribution is 2.39. The molecule has 0 fully saturated rings. The van der Waals surface area contributed by atoms with Gasteiger partial charge in [0.05, 0.1) is 10.5 Å². The fourth-order valence-electron chi connectivity index (χ4n) is 3.16. The van der Waals surface area contributed by atoms with Crippen LogP contribution in [0.25, 0.3) is 32.7 Å². The Morgan fingerprint density at radius 3 is 2.17 bits per heavy atom. The highest BCUT2D eigenvalue weighted by atomic mass is 35.5. The zero-order valence-corrected chi connectivity index (χ0v) is 13.3. The third kappa shape index (κ3) is 2.30. The molecule has 0 aliphatic carbocycles. The van der Waals surface area contributed by atoms with E-state index in [1.54, 1.807) is 12.1 Å². The SMILES string of the molecule is O=[N+]([O-])c1ccc(Cl)cc1-c1cc2ccccc2c2ccccc12. The molecule has 0 saturated heterocycles. The van der Waals surface area contributed by atoms with Gasteiger partial charge < -0.3 is 0 Å². The number of fused-ring (bicyclic) bond motifs is 3. The van der Waals surface area contributed by atoms with E-state index in [0.29, 0.717) is 10.6 Å². The van der Waals surface area contributed by atoms with E-state index in [1.807, 2.05) is 48.5 Å². The quantitative estimate of drug-likeness (QED) is 0.248. The first-order chi connectivity index (χ1) is 11.6. The van der Waals surface area contributed by atoms with Crippen LogP contribution in [0.3, 0.4) is 0 Å². The van der Waals surface area contributed by atoms with Crippen molar-refractivity contribution in [2.45, 2.75) is 0 Å². The third-order valence-corrected chi connectivity index (χ3v) is 4.45. The first kappa shape index (κ1) is 14.7. The largest absolute Gasteiger partial charge is 0.277 e. The number of nitrogens with zero attached hydrogens (tertiary/aromatic N) is 1. The molecular formula is C20H12ClNO2. The minimum atomic E-state index is -0.365. The molecule has 0 spiro atoms. The van der Waals surface area contributed by atoms with Crippen LogP contribution in [0.15, 0.2) is 72.8 Å². The van der Waals surface area contributed by atoms with E-state index in [0.717, 1.165) is 27.1 Å². The first-order valence-corrected chi connectivity index (χ1v) is 7.88. The summed E-state index contributed by atoms with van der Waals surface area (Å²) in [5.41, 5.74) is 1.41. The van der Waals surface area contributed by atoms with Crippen LogP contribution in [0.2, 0.25) is 5.02 Å². The fraction of sp³-hybridized carbons (Fsp3) is 0. The van der Waals surface area contributed by atoms with Crippen LogP contribution in [-0.4, -0.2) is 4.92 Å². The molecule has 0 unspecified atom stereocenters. The predicted octanol–water partition coefficient (Wildman–Crippen LogP) is 6.22. The van der Waals surface area contributed by atoms with E-state index in [2.05, 4.69) is 6.07 Å². The van der Waals surface area contributed by atoms with Crippen LogP contribution < -0.4 is 0 Å². The Bertz CT molecular complexity index is 1110. The minimum Gasteiger partial charge on any atom is -0.258 e. The average Bonchev–Trinajstić information content (AvgIpc) is 2.60. The number of halogens is 1. The molecule has 0 bridgehead atoms. The van der Waals surface area contributed by atoms with Gasteiger partial charge in [0.2, 0.25) is 0 Å². The van der Waals surface area contributed by atoms with Crippen LogP contribution >= 0.6 is 11.6 Å². The maximum Gasteiger partial charge on any atom is 0.277 e. The normalized spacial score (nSPS) is 11.0. The molecule has 0 heterocycles. The molecule has 4 aromatic carbocycles. The molecule has 0 aliphatic heterocycles. The molecule has 0 atom stereocenters. The molecule has 0 aromatic heterocycles. The maximum absolute atomic E-state index is 11.5. The molecule has 116 valence electrons. The lowest BCUT2D eigenvalue weighted by Gasteiger charge is -2.11. The molecule has 4 aromatic rings. The summed E-state index contributed by atoms with van der Waals surface area (Å²) in [7, 11) is 0. The van der Waals surface area contributed by atoms with Gasteiger partial charge in [0.25, 0.3) is 5.69 Å². The summed E-state index contributed by atoms with van der Waals surface area (Å²) in [6, 6.07) is 22.7. The van der Waals surface area contributed by atoms with Crippen LogP contribution in [0.4, 0.5) is 5.69 Å². The number of hydrogen-bond donors (Lipinski definition) is 0. The van der Waals surface area contributed by atoms with Gasteiger partial charge in [-0.3, -0.25) is 10.1 Å². The number of hydrogen-bond acceptors (Lipinski definition) is 2. The Balaban J connectivity index is 2.18. The lowest BCUT2D eigenvalue weighted by atomic mass is 9.92. The molecular weight excluding hydrogens is 322 g/mol. The predicted molar refractivity (Wildman–Crippen MR) is 98.6 cm³/mol. The van der Waals surface area contributed by atoms with Gasteiger partial charge in [0.1, 0.15) is 0 Å². The van der Waals surface area contributed by atoms with Gasteiger partial charge >= 0.3 is 0 Å². The van der Waals surface area contributed by atoms with Gasteiger partial charge in [0.15, 0.2) is 0 Å². The molecule has 0 saturated carbocycles. The van der Waals surface area contributed by atoms with Crippen molar-refractivity contribution in [1.29, 1.82) is 0 Å². The van der Waals surface area contributed by atoms with Crippen molar-refractivity contribution < 1.29 is 4.92 Å². The van der Waals surface area contributed by atoms with Gasteiger partial charge in [-0.05, 0) is 45.3 Å². The summed E-state index contributed by atoms with van der Waals surface area (Å²) in [4.78, 5) is 11.1. The second kappa shape index (κ2) is 5.62. The highest BCUT2D eigenvalue weighted by molar-refractivity contribution is 6.31. The van der Waals surface area contributed by atoms with Gasteiger partial charge in [-0.25, -0.2) is 0 Å². The molecule has 0 amide bonds. The monoisotopic (exact) mass is 333 g/mol. The topological polar surface area (TPSA) is 43.1 Å². The van der Waals surface area contributed by atoms with Crippen molar-refractivity contribution in [2.75, 3.05) is 0 Å². The van der Waals surface area contributed by atoms with Crippen LogP contribution in [0, 0.1) is 10.1 Å². The Hall–Kier alpha value is -2.91. The third-order valence-electron chi connectivity index (χ3n) is 4.21. The first-order valence-electron chi connectivity index (χ1n) is 7.50. The van der Waals surface area contributed by atoms with E-state index >= 15 is 0 Å². The molecule has 0 aliphatic rings. The van der Waals surface area contributed by atoms with Gasteiger partial charge in [-0.2, -0.15) is 0 Å². The lowest BCUT2D eigenvalue weighted by Crippen LogP contribution is -1.93. The molecule has 4 rings (SSSR count). The van der Waals surface area contributed by atoms with E-state index in [-0.39, 0.29) is 10.6 Å². The maximum atomic E-state index is 11.5. The van der Waals surface area contributed by atoms with Crippen LogP contribution in [0.5, 0.6) is 0 Å². The number of nitro benzene ring substituents is 1. The van der Waals surface area contributed by atoms with E-state index in [9.17, 15) is 10.1 Å². The summed E-state index contributed by atoms with van der Waals surface area (Å²) < 4.78 is 0. The minimum absolute atomic E-state index is 0.0554. The Morgan fingerprint density at radius 2 is 1.42 bits per heavy atom. The summed E-state index contributed by atoms with van der Waals surface area (Å²) in [5.74, 6) is 0. The zero-order chi connectivity index (χ0) is 16.7. The second-order valence-electron chi connectivity index (χ2n) is 5.61. The molecule has 0 radical (unpaired) electrons. The van der Waals surface area contributed by atoms with Crippen molar-refractivity contribution in [3.8, 4) is 11.1 Å². The van der Waals surface area contributed by atoms with E-state index in [1.165, 1.54) is 6.07 Å². The average molecular weight is 334 g/mol. The summed E-state index contributed by atoms with van der Waals surface area (Å²) in [6.07, 6.45) is 0. The zero-order valence-electron chi connectivity index (χ0n) is 12.6. The van der Waals surface area contributed by atoms with Gasteiger partial charge in [0, 0.05) is 11.1 Å². The summed E-state index contributed by atoms with van der Waals surface area (Å²) in [6.45, 7) is 0. The lowest BCUT2D eigenvalue weighted by molar-refractivity contribution is -0.384. The fourth-order valence-corrected chi connectivity index (χ4v) is 3.33. The van der Waals surface area contributed by atoms with Crippen molar-refractivity contribution in [2.24, 2.45) is 0 Å². The van der Waals surface area contributed by atoms with Crippen LogP contribution in [0.1, 0.15) is 0 Å². The number of rotatable bonds is 2.